The quantitative estimate of drug-likeness (QED) is 0.770. The molecule has 0 saturated heterocycles. The molecule has 26 heavy (non-hydrogen) atoms. The van der Waals surface area contributed by atoms with Crippen molar-refractivity contribution in [2.45, 2.75) is 25.8 Å². The monoisotopic (exact) mass is 369 g/mol. The lowest BCUT2D eigenvalue weighted by atomic mass is 9.92. The normalized spacial score (nSPS) is 16.7. The smallest absolute Gasteiger partial charge is 0.273 e. The summed E-state index contributed by atoms with van der Waals surface area (Å²) >= 11 is 6.14. The van der Waals surface area contributed by atoms with Crippen molar-refractivity contribution in [3.8, 4) is 0 Å². The summed E-state index contributed by atoms with van der Waals surface area (Å²) in [4.78, 5) is 19.8. The van der Waals surface area contributed by atoms with Gasteiger partial charge in [0.1, 0.15) is 11.3 Å². The molecule has 1 atom stereocenters. The molecule has 0 bridgehead atoms. The van der Waals surface area contributed by atoms with Crippen LogP contribution in [0.25, 0.3) is 5.65 Å². The van der Waals surface area contributed by atoms with E-state index in [1.165, 1.54) is 5.56 Å². The van der Waals surface area contributed by atoms with Crippen molar-refractivity contribution in [3.05, 3.63) is 70.1 Å². The molecule has 0 fully saturated rings. The van der Waals surface area contributed by atoms with Gasteiger partial charge in [0.15, 0.2) is 0 Å². The van der Waals surface area contributed by atoms with Crippen molar-refractivity contribution >= 4 is 23.2 Å². The Morgan fingerprint density at radius 2 is 2.12 bits per heavy atom. The van der Waals surface area contributed by atoms with Crippen LogP contribution in [0.5, 0.6) is 0 Å². The largest absolute Gasteiger partial charge is 0.394 e. The second-order valence-corrected chi connectivity index (χ2v) is 6.92. The summed E-state index contributed by atoms with van der Waals surface area (Å²) in [6, 6.07) is 11.2. The summed E-state index contributed by atoms with van der Waals surface area (Å²) in [5.74, 6) is -0.120. The maximum absolute atomic E-state index is 13.5. The number of carbonyl (C=O) groups is 1. The summed E-state index contributed by atoms with van der Waals surface area (Å²) in [5.41, 5.74) is 4.18. The Kier molecular flexibility index (Phi) is 4.42. The van der Waals surface area contributed by atoms with Crippen LogP contribution in [-0.2, 0) is 12.8 Å². The average molecular weight is 370 g/mol. The Morgan fingerprint density at radius 1 is 1.31 bits per heavy atom. The molecule has 1 aliphatic heterocycles. The highest BCUT2D eigenvalue weighted by Gasteiger charge is 2.33. The number of halogens is 1. The van der Waals surface area contributed by atoms with Crippen LogP contribution >= 0.6 is 11.6 Å². The van der Waals surface area contributed by atoms with Gasteiger partial charge >= 0.3 is 0 Å². The van der Waals surface area contributed by atoms with Crippen LogP contribution < -0.4 is 0 Å². The van der Waals surface area contributed by atoms with Crippen LogP contribution in [0.4, 0.5) is 0 Å². The van der Waals surface area contributed by atoms with E-state index in [0.717, 1.165) is 17.7 Å². The maximum atomic E-state index is 13.5. The molecular weight excluding hydrogens is 350 g/mol. The molecule has 1 aliphatic rings. The third-order valence-corrected chi connectivity index (χ3v) is 5.26. The fourth-order valence-corrected chi connectivity index (χ4v) is 3.93. The summed E-state index contributed by atoms with van der Waals surface area (Å²) in [5, 5.41) is 10.6. The third-order valence-electron chi connectivity index (χ3n) is 5.04. The van der Waals surface area contributed by atoms with Gasteiger partial charge in [-0.1, -0.05) is 42.8 Å². The van der Waals surface area contributed by atoms with Crippen LogP contribution in [-0.4, -0.2) is 38.4 Å². The van der Waals surface area contributed by atoms with E-state index < -0.39 is 0 Å². The predicted octanol–water partition coefficient (Wildman–Crippen LogP) is 3.28. The molecule has 0 saturated carbocycles. The predicted molar refractivity (Wildman–Crippen MR) is 101 cm³/mol. The van der Waals surface area contributed by atoms with Gasteiger partial charge in [0, 0.05) is 12.7 Å². The van der Waals surface area contributed by atoms with Crippen molar-refractivity contribution in [3.63, 3.8) is 0 Å². The second kappa shape index (κ2) is 6.74. The minimum Gasteiger partial charge on any atom is -0.394 e. The molecule has 0 aliphatic carbocycles. The molecule has 2 aromatic heterocycles. The zero-order chi connectivity index (χ0) is 18.3. The SMILES string of the molecule is CCc1nc2ccc(Cl)cn2c1C(=O)N1CCc2ccccc2C1CO. The average Bonchev–Trinajstić information content (AvgIpc) is 3.04. The van der Waals surface area contributed by atoms with E-state index in [9.17, 15) is 9.90 Å². The lowest BCUT2D eigenvalue weighted by Gasteiger charge is -2.36. The zero-order valence-corrected chi connectivity index (χ0v) is 15.3. The van der Waals surface area contributed by atoms with Gasteiger partial charge in [0.05, 0.1) is 23.4 Å². The molecule has 0 spiro atoms. The number of aryl methyl sites for hydroxylation is 1. The molecule has 1 amide bonds. The standard InChI is InChI=1S/C20H20ClN3O2/c1-2-16-19(24-11-14(21)7-8-18(24)22-16)20(26)23-10-9-13-5-3-4-6-15(13)17(23)12-25/h3-8,11,17,25H,2,9-10,12H2,1H3. The lowest BCUT2D eigenvalue weighted by Crippen LogP contribution is -2.42. The van der Waals surface area contributed by atoms with E-state index in [-0.39, 0.29) is 18.6 Å². The number of fused-ring (bicyclic) bond motifs is 2. The minimum absolute atomic E-state index is 0.109. The summed E-state index contributed by atoms with van der Waals surface area (Å²) in [6.07, 6.45) is 3.15. The molecule has 4 rings (SSSR count). The summed E-state index contributed by atoms with van der Waals surface area (Å²) < 4.78 is 1.76. The van der Waals surface area contributed by atoms with E-state index in [0.29, 0.717) is 29.3 Å². The Morgan fingerprint density at radius 3 is 2.88 bits per heavy atom. The number of hydrogen-bond acceptors (Lipinski definition) is 3. The lowest BCUT2D eigenvalue weighted by molar-refractivity contribution is 0.0560. The van der Waals surface area contributed by atoms with E-state index in [1.807, 2.05) is 31.2 Å². The maximum Gasteiger partial charge on any atom is 0.273 e. The molecule has 1 unspecified atom stereocenters. The number of amides is 1. The first-order chi connectivity index (χ1) is 12.6. The number of pyridine rings is 1. The van der Waals surface area contributed by atoms with Crippen molar-refractivity contribution in [2.75, 3.05) is 13.2 Å². The number of nitrogens with zero attached hydrogens (tertiary/aromatic N) is 3. The highest BCUT2D eigenvalue weighted by Crippen LogP contribution is 2.31. The first kappa shape index (κ1) is 17.1. The second-order valence-electron chi connectivity index (χ2n) is 6.48. The molecule has 6 heteroatoms. The van der Waals surface area contributed by atoms with Crippen LogP contribution in [0.3, 0.4) is 0 Å². The summed E-state index contributed by atoms with van der Waals surface area (Å²) in [7, 11) is 0. The van der Waals surface area contributed by atoms with Gasteiger partial charge in [0.2, 0.25) is 0 Å². The number of hydrogen-bond donors (Lipinski definition) is 1. The molecule has 3 aromatic rings. The molecular formula is C20H20ClN3O2. The van der Waals surface area contributed by atoms with Crippen molar-refractivity contribution in [1.29, 1.82) is 0 Å². The van der Waals surface area contributed by atoms with E-state index in [1.54, 1.807) is 21.6 Å². The Balaban J connectivity index is 1.81. The van der Waals surface area contributed by atoms with E-state index >= 15 is 0 Å². The molecule has 134 valence electrons. The number of aliphatic hydroxyl groups is 1. The number of aliphatic hydroxyl groups excluding tert-OH is 1. The van der Waals surface area contributed by atoms with Gasteiger partial charge in [-0.05, 0) is 36.1 Å². The van der Waals surface area contributed by atoms with Crippen molar-refractivity contribution in [2.24, 2.45) is 0 Å². The molecule has 5 nitrogen and oxygen atoms in total. The minimum atomic E-state index is -0.345. The van der Waals surface area contributed by atoms with Crippen LogP contribution in [0.15, 0.2) is 42.6 Å². The highest BCUT2D eigenvalue weighted by atomic mass is 35.5. The number of benzene rings is 1. The van der Waals surface area contributed by atoms with Crippen molar-refractivity contribution in [1.82, 2.24) is 14.3 Å². The number of rotatable bonds is 3. The van der Waals surface area contributed by atoms with E-state index in [4.69, 9.17) is 11.6 Å². The molecule has 1 aromatic carbocycles. The Bertz CT molecular complexity index is 982. The van der Waals surface area contributed by atoms with E-state index in [2.05, 4.69) is 11.1 Å². The zero-order valence-electron chi connectivity index (χ0n) is 14.5. The molecule has 0 radical (unpaired) electrons. The van der Waals surface area contributed by atoms with Gasteiger partial charge in [-0.25, -0.2) is 4.98 Å². The Hall–Kier alpha value is -2.37. The van der Waals surface area contributed by atoms with Crippen LogP contribution in [0, 0.1) is 0 Å². The van der Waals surface area contributed by atoms with Gasteiger partial charge in [-0.15, -0.1) is 0 Å². The molecule has 3 heterocycles. The van der Waals surface area contributed by atoms with Gasteiger partial charge in [-0.3, -0.25) is 9.20 Å². The van der Waals surface area contributed by atoms with Gasteiger partial charge in [-0.2, -0.15) is 0 Å². The van der Waals surface area contributed by atoms with Crippen LogP contribution in [0.1, 0.15) is 40.3 Å². The fraction of sp³-hybridized carbons (Fsp3) is 0.300. The number of carbonyl (C=O) groups excluding carboxylic acids is 1. The first-order valence-electron chi connectivity index (χ1n) is 8.80. The van der Waals surface area contributed by atoms with Crippen LogP contribution in [0.2, 0.25) is 5.02 Å². The van der Waals surface area contributed by atoms with Gasteiger partial charge in [0.25, 0.3) is 5.91 Å². The number of aromatic nitrogens is 2. The number of imidazole rings is 1. The fourth-order valence-electron chi connectivity index (χ4n) is 3.77. The molecule has 1 N–H and O–H groups in total. The first-order valence-corrected chi connectivity index (χ1v) is 9.18. The topological polar surface area (TPSA) is 57.8 Å². The van der Waals surface area contributed by atoms with Crippen molar-refractivity contribution < 1.29 is 9.90 Å². The highest BCUT2D eigenvalue weighted by molar-refractivity contribution is 6.30. The third kappa shape index (κ3) is 2.68. The summed E-state index contributed by atoms with van der Waals surface area (Å²) in [6.45, 7) is 2.44. The van der Waals surface area contributed by atoms with Gasteiger partial charge < -0.3 is 10.0 Å². The Labute approximate surface area is 156 Å².